The molecule has 0 aliphatic rings. The first kappa shape index (κ1) is 15.5. The highest BCUT2D eigenvalue weighted by atomic mass is 35.5. The van der Waals surface area contributed by atoms with Crippen molar-refractivity contribution in [2.45, 2.75) is 13.5 Å². The van der Waals surface area contributed by atoms with Crippen LogP contribution in [0.5, 0.6) is 5.75 Å². The maximum absolute atomic E-state index is 11.7. The zero-order chi connectivity index (χ0) is 15.2. The first-order valence-corrected chi connectivity index (χ1v) is 6.94. The number of carbonyl (C=O) groups excluding carboxylic acids is 1. The van der Waals surface area contributed by atoms with E-state index in [1.165, 1.54) is 0 Å². The zero-order valence-electron chi connectivity index (χ0n) is 11.3. The van der Waals surface area contributed by atoms with Crippen molar-refractivity contribution in [2.24, 2.45) is 0 Å². The Bertz CT molecular complexity index is 633. The van der Waals surface area contributed by atoms with Gasteiger partial charge in [-0.25, -0.2) is 0 Å². The van der Waals surface area contributed by atoms with E-state index in [2.05, 4.69) is 15.5 Å². The third kappa shape index (κ3) is 4.88. The summed E-state index contributed by atoms with van der Waals surface area (Å²) < 4.78 is 5.32. The van der Waals surface area contributed by atoms with Crippen molar-refractivity contribution in [2.75, 3.05) is 6.61 Å². The second-order valence-corrected chi connectivity index (χ2v) is 5.15. The van der Waals surface area contributed by atoms with Gasteiger partial charge in [-0.05, 0) is 37.3 Å². The Kier molecular flexibility index (Phi) is 5.36. The van der Waals surface area contributed by atoms with Gasteiger partial charge in [0, 0.05) is 5.02 Å². The van der Waals surface area contributed by atoms with Crippen LogP contribution in [-0.2, 0) is 11.3 Å². The smallest absolute Gasteiger partial charge is 0.258 e. The monoisotopic (exact) mass is 325 g/mol. The van der Waals surface area contributed by atoms with Gasteiger partial charge in [-0.1, -0.05) is 23.2 Å². The molecule has 5 nitrogen and oxygen atoms in total. The minimum atomic E-state index is -0.275. The lowest BCUT2D eigenvalue weighted by Crippen LogP contribution is -2.28. The number of halogens is 2. The van der Waals surface area contributed by atoms with E-state index in [1.54, 1.807) is 24.3 Å². The minimum Gasteiger partial charge on any atom is -0.482 e. The van der Waals surface area contributed by atoms with Crippen molar-refractivity contribution in [1.82, 2.24) is 15.5 Å². The van der Waals surface area contributed by atoms with E-state index in [1.807, 2.05) is 13.0 Å². The Balaban J connectivity index is 1.80. The average Bonchev–Trinajstić information content (AvgIpc) is 2.46. The molecule has 0 aliphatic carbocycles. The summed E-state index contributed by atoms with van der Waals surface area (Å²) in [4.78, 5) is 11.7. The number of benzene rings is 1. The largest absolute Gasteiger partial charge is 0.482 e. The summed E-state index contributed by atoms with van der Waals surface area (Å²) in [6, 6.07) is 8.45. The quantitative estimate of drug-likeness (QED) is 0.918. The maximum Gasteiger partial charge on any atom is 0.258 e. The topological polar surface area (TPSA) is 64.1 Å². The molecule has 0 saturated carbocycles. The molecule has 0 bridgehead atoms. The van der Waals surface area contributed by atoms with Crippen LogP contribution in [-0.4, -0.2) is 22.7 Å². The molecule has 1 heterocycles. The number of ether oxygens (including phenoxy) is 1. The number of nitrogens with zero attached hydrogens (tertiary/aromatic N) is 2. The number of rotatable bonds is 5. The molecule has 7 heteroatoms. The van der Waals surface area contributed by atoms with Gasteiger partial charge in [0.25, 0.3) is 5.91 Å². The highest BCUT2D eigenvalue weighted by Gasteiger charge is 2.07. The summed E-state index contributed by atoms with van der Waals surface area (Å²) >= 11 is 11.7. The third-order valence-electron chi connectivity index (χ3n) is 2.57. The average molecular weight is 326 g/mol. The molecule has 0 unspecified atom stereocenters. The van der Waals surface area contributed by atoms with Crippen LogP contribution in [0.25, 0.3) is 0 Å². The number of hydrogen-bond donors (Lipinski definition) is 1. The van der Waals surface area contributed by atoms with E-state index in [9.17, 15) is 4.79 Å². The van der Waals surface area contributed by atoms with Gasteiger partial charge >= 0.3 is 0 Å². The Morgan fingerprint density at radius 1 is 1.24 bits per heavy atom. The fraction of sp³-hybridized carbons (Fsp3) is 0.214. The van der Waals surface area contributed by atoms with Gasteiger partial charge < -0.3 is 10.1 Å². The zero-order valence-corrected chi connectivity index (χ0v) is 12.8. The minimum absolute atomic E-state index is 0.138. The Morgan fingerprint density at radius 2 is 2.05 bits per heavy atom. The lowest BCUT2D eigenvalue weighted by Gasteiger charge is -2.08. The number of carbonyl (C=O) groups is 1. The standard InChI is InChI=1S/C14H13Cl2N3O2/c1-9-2-4-11(19-18-9)7-17-14(20)8-21-13-5-3-10(15)6-12(13)16/h2-6H,7-8H2,1H3,(H,17,20). The van der Waals surface area contributed by atoms with Crippen LogP contribution in [0.1, 0.15) is 11.4 Å². The SMILES string of the molecule is Cc1ccc(CNC(=O)COc2ccc(Cl)cc2Cl)nn1. The first-order chi connectivity index (χ1) is 10.0. The lowest BCUT2D eigenvalue weighted by molar-refractivity contribution is -0.123. The van der Waals surface area contributed by atoms with Gasteiger partial charge in [-0.3, -0.25) is 4.79 Å². The molecule has 1 aromatic heterocycles. The molecule has 1 aromatic carbocycles. The molecular formula is C14H13Cl2N3O2. The molecule has 0 atom stereocenters. The maximum atomic E-state index is 11.7. The third-order valence-corrected chi connectivity index (χ3v) is 3.10. The van der Waals surface area contributed by atoms with Crippen LogP contribution >= 0.6 is 23.2 Å². The molecule has 21 heavy (non-hydrogen) atoms. The second kappa shape index (κ2) is 7.24. The molecule has 2 aromatic rings. The van der Waals surface area contributed by atoms with E-state index >= 15 is 0 Å². The van der Waals surface area contributed by atoms with Gasteiger partial charge in [0.2, 0.25) is 0 Å². The molecular weight excluding hydrogens is 313 g/mol. The molecule has 110 valence electrons. The summed E-state index contributed by atoms with van der Waals surface area (Å²) in [5.41, 5.74) is 1.50. The molecule has 1 amide bonds. The Hall–Kier alpha value is -1.85. The highest BCUT2D eigenvalue weighted by molar-refractivity contribution is 6.35. The van der Waals surface area contributed by atoms with Crippen LogP contribution < -0.4 is 10.1 Å². The van der Waals surface area contributed by atoms with Crippen LogP contribution in [0.15, 0.2) is 30.3 Å². The molecule has 0 spiro atoms. The van der Waals surface area contributed by atoms with Crippen molar-refractivity contribution in [1.29, 1.82) is 0 Å². The van der Waals surface area contributed by atoms with Crippen molar-refractivity contribution in [3.63, 3.8) is 0 Å². The molecule has 2 rings (SSSR count). The summed E-state index contributed by atoms with van der Waals surface area (Å²) in [7, 11) is 0. The Morgan fingerprint density at radius 3 is 2.71 bits per heavy atom. The van der Waals surface area contributed by atoms with Crippen molar-refractivity contribution in [3.05, 3.63) is 51.8 Å². The van der Waals surface area contributed by atoms with Crippen LogP contribution in [0.2, 0.25) is 10.0 Å². The van der Waals surface area contributed by atoms with Gasteiger partial charge in [-0.2, -0.15) is 10.2 Å². The predicted octanol–water partition coefficient (Wildman–Crippen LogP) is 2.79. The van der Waals surface area contributed by atoms with E-state index in [4.69, 9.17) is 27.9 Å². The van der Waals surface area contributed by atoms with Crippen molar-refractivity contribution < 1.29 is 9.53 Å². The molecule has 1 N–H and O–H groups in total. The molecule has 0 fully saturated rings. The fourth-order valence-corrected chi connectivity index (χ4v) is 1.96. The van der Waals surface area contributed by atoms with Gasteiger partial charge in [0.05, 0.1) is 23.0 Å². The van der Waals surface area contributed by atoms with E-state index < -0.39 is 0 Å². The summed E-state index contributed by atoms with van der Waals surface area (Å²) in [5.74, 6) is 0.134. The predicted molar refractivity (Wildman–Crippen MR) is 80.6 cm³/mol. The highest BCUT2D eigenvalue weighted by Crippen LogP contribution is 2.27. The number of aromatic nitrogens is 2. The van der Waals surface area contributed by atoms with Gasteiger partial charge in [0.1, 0.15) is 5.75 Å². The van der Waals surface area contributed by atoms with E-state index in [0.717, 1.165) is 5.69 Å². The van der Waals surface area contributed by atoms with E-state index in [0.29, 0.717) is 28.0 Å². The van der Waals surface area contributed by atoms with E-state index in [-0.39, 0.29) is 12.5 Å². The second-order valence-electron chi connectivity index (χ2n) is 4.31. The lowest BCUT2D eigenvalue weighted by atomic mass is 10.3. The first-order valence-electron chi connectivity index (χ1n) is 6.18. The summed E-state index contributed by atoms with van der Waals surface area (Å²) in [6.45, 7) is 2.00. The fourth-order valence-electron chi connectivity index (χ4n) is 1.50. The van der Waals surface area contributed by atoms with Crippen LogP contribution in [0.3, 0.4) is 0 Å². The summed E-state index contributed by atoms with van der Waals surface area (Å²) in [6.07, 6.45) is 0. The normalized spacial score (nSPS) is 10.2. The van der Waals surface area contributed by atoms with Crippen molar-refractivity contribution >= 4 is 29.1 Å². The number of amides is 1. The molecule has 0 aliphatic heterocycles. The van der Waals surface area contributed by atoms with Crippen LogP contribution in [0.4, 0.5) is 0 Å². The number of nitrogens with one attached hydrogen (secondary N) is 1. The number of aryl methyl sites for hydroxylation is 1. The molecule has 0 saturated heterocycles. The Labute approximate surface area is 132 Å². The van der Waals surface area contributed by atoms with Crippen molar-refractivity contribution in [3.8, 4) is 5.75 Å². The van der Waals surface area contributed by atoms with Crippen LogP contribution in [0, 0.1) is 6.92 Å². The summed E-state index contributed by atoms with van der Waals surface area (Å²) in [5, 5.41) is 11.4. The van der Waals surface area contributed by atoms with Gasteiger partial charge in [-0.15, -0.1) is 0 Å². The van der Waals surface area contributed by atoms with Gasteiger partial charge in [0.15, 0.2) is 6.61 Å². The molecule has 0 radical (unpaired) electrons. The number of hydrogen-bond acceptors (Lipinski definition) is 4.